The van der Waals surface area contributed by atoms with E-state index in [2.05, 4.69) is 5.32 Å². The minimum Gasteiger partial charge on any atom is -0.467 e. The summed E-state index contributed by atoms with van der Waals surface area (Å²) in [5.74, 6) is 0.838. The van der Waals surface area contributed by atoms with Crippen LogP contribution < -0.4 is 5.32 Å². The predicted octanol–water partition coefficient (Wildman–Crippen LogP) is 2.05. The van der Waals surface area contributed by atoms with Gasteiger partial charge in [0.2, 0.25) is 5.91 Å². The Labute approximate surface area is 113 Å². The number of rotatable bonds is 5. The van der Waals surface area contributed by atoms with Crippen molar-refractivity contribution in [2.75, 3.05) is 20.6 Å². The van der Waals surface area contributed by atoms with Gasteiger partial charge in [-0.15, -0.1) is 0 Å². The van der Waals surface area contributed by atoms with Crippen molar-refractivity contribution in [3.63, 3.8) is 0 Å². The second-order valence-electron chi connectivity index (χ2n) is 4.53. The number of nitrogens with one attached hydrogen (secondary N) is 1. The summed E-state index contributed by atoms with van der Waals surface area (Å²) >= 11 is 0. The van der Waals surface area contributed by atoms with Crippen LogP contribution in [0.3, 0.4) is 0 Å². The molecule has 0 fully saturated rings. The smallest absolute Gasteiger partial charge is 0.236 e. The average Bonchev–Trinajstić information content (AvgIpc) is 2.94. The molecule has 1 unspecified atom stereocenters. The molecule has 19 heavy (non-hydrogen) atoms. The monoisotopic (exact) mass is 258 g/mol. The highest BCUT2D eigenvalue weighted by Gasteiger charge is 2.17. The number of hydrogen-bond donors (Lipinski definition) is 1. The van der Waals surface area contributed by atoms with E-state index in [1.165, 1.54) is 0 Å². The fourth-order valence-corrected chi connectivity index (χ4v) is 1.83. The van der Waals surface area contributed by atoms with Gasteiger partial charge in [0, 0.05) is 14.1 Å². The average molecular weight is 258 g/mol. The zero-order valence-electron chi connectivity index (χ0n) is 11.2. The maximum Gasteiger partial charge on any atom is 0.236 e. The van der Waals surface area contributed by atoms with Gasteiger partial charge in [-0.3, -0.25) is 10.1 Å². The number of benzene rings is 1. The minimum absolute atomic E-state index is 0.0347. The number of amides is 1. The Hall–Kier alpha value is -2.07. The van der Waals surface area contributed by atoms with E-state index in [1.54, 1.807) is 25.3 Å². The lowest BCUT2D eigenvalue weighted by atomic mass is 10.0. The molecule has 0 bridgehead atoms. The Morgan fingerprint density at radius 3 is 2.53 bits per heavy atom. The standard InChI is InChI=1S/C15H18N2O2/c1-17(2)14(18)11-16-15(13-9-6-10-19-13)12-7-4-3-5-8-12/h3-10,15-16H,11H2,1-2H3. The molecular weight excluding hydrogens is 240 g/mol. The Kier molecular flexibility index (Phi) is 4.36. The Bertz CT molecular complexity index is 506. The quantitative estimate of drug-likeness (QED) is 0.892. The van der Waals surface area contributed by atoms with Crippen LogP contribution in [0.5, 0.6) is 0 Å². The van der Waals surface area contributed by atoms with Gasteiger partial charge in [0.05, 0.1) is 18.8 Å². The predicted molar refractivity (Wildman–Crippen MR) is 73.7 cm³/mol. The van der Waals surface area contributed by atoms with Crippen LogP contribution in [-0.4, -0.2) is 31.4 Å². The Morgan fingerprint density at radius 1 is 1.21 bits per heavy atom. The van der Waals surface area contributed by atoms with Gasteiger partial charge in [-0.25, -0.2) is 0 Å². The molecule has 2 aromatic rings. The summed E-state index contributed by atoms with van der Waals surface area (Å²) in [6, 6.07) is 13.6. The van der Waals surface area contributed by atoms with Gasteiger partial charge in [-0.05, 0) is 17.7 Å². The molecule has 100 valence electrons. The van der Waals surface area contributed by atoms with Gasteiger partial charge >= 0.3 is 0 Å². The number of carbonyl (C=O) groups is 1. The SMILES string of the molecule is CN(C)C(=O)CNC(c1ccccc1)c1ccco1. The molecule has 1 aromatic heterocycles. The summed E-state index contributed by atoms with van der Waals surface area (Å²) in [5.41, 5.74) is 1.07. The number of nitrogens with zero attached hydrogens (tertiary/aromatic N) is 1. The maximum absolute atomic E-state index is 11.7. The third kappa shape index (κ3) is 3.45. The van der Waals surface area contributed by atoms with Crippen molar-refractivity contribution in [3.8, 4) is 0 Å². The number of hydrogen-bond acceptors (Lipinski definition) is 3. The van der Waals surface area contributed by atoms with Gasteiger partial charge in [0.25, 0.3) is 0 Å². The van der Waals surface area contributed by atoms with E-state index in [0.29, 0.717) is 0 Å². The van der Waals surface area contributed by atoms with E-state index in [0.717, 1.165) is 11.3 Å². The fourth-order valence-electron chi connectivity index (χ4n) is 1.83. The highest BCUT2D eigenvalue weighted by molar-refractivity contribution is 5.77. The lowest BCUT2D eigenvalue weighted by Gasteiger charge is -2.18. The molecule has 1 amide bonds. The molecule has 4 heteroatoms. The Balaban J connectivity index is 2.15. The molecule has 0 radical (unpaired) electrons. The zero-order chi connectivity index (χ0) is 13.7. The summed E-state index contributed by atoms with van der Waals surface area (Å²) in [5, 5.41) is 3.23. The molecule has 0 aliphatic heterocycles. The molecule has 0 aliphatic rings. The summed E-state index contributed by atoms with van der Waals surface area (Å²) < 4.78 is 5.46. The molecule has 4 nitrogen and oxygen atoms in total. The van der Waals surface area contributed by atoms with Crippen LogP contribution in [0.1, 0.15) is 17.4 Å². The van der Waals surface area contributed by atoms with E-state index >= 15 is 0 Å². The van der Waals surface area contributed by atoms with Gasteiger partial charge < -0.3 is 9.32 Å². The van der Waals surface area contributed by atoms with E-state index in [9.17, 15) is 4.79 Å². The topological polar surface area (TPSA) is 45.5 Å². The molecule has 0 spiro atoms. The third-order valence-electron chi connectivity index (χ3n) is 2.92. The summed E-state index contributed by atoms with van der Waals surface area (Å²) in [6.07, 6.45) is 1.64. The van der Waals surface area contributed by atoms with Crippen molar-refractivity contribution in [1.82, 2.24) is 10.2 Å². The molecule has 2 rings (SSSR count). The summed E-state index contributed by atoms with van der Waals surface area (Å²) in [7, 11) is 3.49. The summed E-state index contributed by atoms with van der Waals surface area (Å²) in [6.45, 7) is 0.271. The van der Waals surface area contributed by atoms with Crippen molar-refractivity contribution in [3.05, 3.63) is 60.1 Å². The van der Waals surface area contributed by atoms with Crippen LogP contribution in [0, 0.1) is 0 Å². The lowest BCUT2D eigenvalue weighted by Crippen LogP contribution is -2.35. The number of furan rings is 1. The molecule has 0 aliphatic carbocycles. The van der Waals surface area contributed by atoms with Crippen LogP contribution in [-0.2, 0) is 4.79 Å². The first-order chi connectivity index (χ1) is 9.18. The molecule has 1 aromatic carbocycles. The van der Waals surface area contributed by atoms with Crippen LogP contribution >= 0.6 is 0 Å². The zero-order valence-corrected chi connectivity index (χ0v) is 11.2. The van der Waals surface area contributed by atoms with Crippen molar-refractivity contribution >= 4 is 5.91 Å². The van der Waals surface area contributed by atoms with Crippen LogP contribution in [0.4, 0.5) is 0 Å². The number of likely N-dealkylation sites (N-methyl/N-ethyl adjacent to an activating group) is 1. The first-order valence-electron chi connectivity index (χ1n) is 6.20. The second-order valence-corrected chi connectivity index (χ2v) is 4.53. The molecule has 1 atom stereocenters. The van der Waals surface area contributed by atoms with E-state index in [4.69, 9.17) is 4.42 Å². The molecule has 1 N–H and O–H groups in total. The van der Waals surface area contributed by atoms with Gasteiger partial charge in [-0.1, -0.05) is 30.3 Å². The summed E-state index contributed by atoms with van der Waals surface area (Å²) in [4.78, 5) is 13.2. The normalized spacial score (nSPS) is 12.1. The molecule has 0 saturated carbocycles. The largest absolute Gasteiger partial charge is 0.467 e. The first-order valence-corrected chi connectivity index (χ1v) is 6.20. The van der Waals surface area contributed by atoms with Gasteiger partial charge in [0.15, 0.2) is 0 Å². The first kappa shape index (κ1) is 13.4. The van der Waals surface area contributed by atoms with Crippen molar-refractivity contribution in [2.45, 2.75) is 6.04 Å². The second kappa shape index (κ2) is 6.20. The van der Waals surface area contributed by atoms with Crippen molar-refractivity contribution in [2.24, 2.45) is 0 Å². The molecule has 1 heterocycles. The van der Waals surface area contributed by atoms with Crippen LogP contribution in [0.25, 0.3) is 0 Å². The van der Waals surface area contributed by atoms with Gasteiger partial charge in [0.1, 0.15) is 5.76 Å². The van der Waals surface area contributed by atoms with Gasteiger partial charge in [-0.2, -0.15) is 0 Å². The highest BCUT2D eigenvalue weighted by atomic mass is 16.3. The fraction of sp³-hybridized carbons (Fsp3) is 0.267. The van der Waals surface area contributed by atoms with E-state index < -0.39 is 0 Å². The van der Waals surface area contributed by atoms with E-state index in [-0.39, 0.29) is 18.5 Å². The van der Waals surface area contributed by atoms with Crippen molar-refractivity contribution in [1.29, 1.82) is 0 Å². The third-order valence-corrected chi connectivity index (χ3v) is 2.92. The van der Waals surface area contributed by atoms with E-state index in [1.807, 2.05) is 42.5 Å². The lowest BCUT2D eigenvalue weighted by molar-refractivity contribution is -0.127. The number of carbonyl (C=O) groups excluding carboxylic acids is 1. The highest BCUT2D eigenvalue weighted by Crippen LogP contribution is 2.21. The minimum atomic E-state index is -0.111. The maximum atomic E-state index is 11.7. The van der Waals surface area contributed by atoms with Crippen LogP contribution in [0.2, 0.25) is 0 Å². The Morgan fingerprint density at radius 2 is 1.95 bits per heavy atom. The molecular formula is C15H18N2O2. The van der Waals surface area contributed by atoms with Crippen molar-refractivity contribution < 1.29 is 9.21 Å². The van der Waals surface area contributed by atoms with Crippen LogP contribution in [0.15, 0.2) is 53.1 Å². The molecule has 0 saturated heterocycles.